The highest BCUT2D eigenvalue weighted by atomic mass is 32.1. The van der Waals surface area contributed by atoms with E-state index in [0.717, 1.165) is 25.9 Å². The van der Waals surface area contributed by atoms with Crippen LogP contribution in [0.4, 0.5) is 0 Å². The summed E-state index contributed by atoms with van der Waals surface area (Å²) < 4.78 is 0. The third-order valence-corrected chi connectivity index (χ3v) is 3.14. The van der Waals surface area contributed by atoms with Gasteiger partial charge in [0.05, 0.1) is 6.07 Å². The first-order chi connectivity index (χ1) is 6.65. The summed E-state index contributed by atoms with van der Waals surface area (Å²) >= 11 is 4.40. The summed E-state index contributed by atoms with van der Waals surface area (Å²) in [5.74, 6) is 0.445. The lowest BCUT2D eigenvalue weighted by Crippen LogP contribution is -2.41. The molecule has 1 fully saturated rings. The summed E-state index contributed by atoms with van der Waals surface area (Å²) in [5, 5.41) is 8.76. The standard InChI is InChI=1S/C10H16N2OS/c1-8(14)9-3-2-6-12(7-9)10(13)4-5-11/h8-9,14H,2-4,6-7H2,1H3. The van der Waals surface area contributed by atoms with E-state index in [1.807, 2.05) is 6.07 Å². The predicted molar refractivity (Wildman–Crippen MR) is 58.0 cm³/mol. The van der Waals surface area contributed by atoms with Crippen LogP contribution < -0.4 is 0 Å². The second-order valence-electron chi connectivity index (χ2n) is 3.82. The lowest BCUT2D eigenvalue weighted by Gasteiger charge is -2.34. The van der Waals surface area contributed by atoms with E-state index in [1.165, 1.54) is 0 Å². The number of nitrogens with zero attached hydrogens (tertiary/aromatic N) is 2. The van der Waals surface area contributed by atoms with E-state index in [4.69, 9.17) is 5.26 Å². The second kappa shape index (κ2) is 5.26. The largest absolute Gasteiger partial charge is 0.341 e. The van der Waals surface area contributed by atoms with Crippen LogP contribution in [0.2, 0.25) is 0 Å². The number of rotatable bonds is 2. The van der Waals surface area contributed by atoms with Crippen molar-refractivity contribution in [3.8, 4) is 6.07 Å². The molecule has 0 aromatic rings. The van der Waals surface area contributed by atoms with E-state index in [1.54, 1.807) is 4.90 Å². The second-order valence-corrected chi connectivity index (χ2v) is 4.63. The quantitative estimate of drug-likeness (QED) is 0.704. The fourth-order valence-corrected chi connectivity index (χ4v) is 2.05. The van der Waals surface area contributed by atoms with Gasteiger partial charge in [-0.1, -0.05) is 6.92 Å². The molecule has 4 heteroatoms. The normalized spacial score (nSPS) is 24.1. The first kappa shape index (κ1) is 11.4. The van der Waals surface area contributed by atoms with Crippen LogP contribution in [0.3, 0.4) is 0 Å². The Kier molecular flexibility index (Phi) is 4.27. The van der Waals surface area contributed by atoms with Crippen molar-refractivity contribution in [3.05, 3.63) is 0 Å². The van der Waals surface area contributed by atoms with E-state index in [9.17, 15) is 4.79 Å². The molecule has 1 aliphatic rings. The fourth-order valence-electron chi connectivity index (χ4n) is 1.81. The first-order valence-electron chi connectivity index (χ1n) is 4.98. The van der Waals surface area contributed by atoms with Crippen LogP contribution in [0.1, 0.15) is 26.2 Å². The van der Waals surface area contributed by atoms with Crippen molar-refractivity contribution in [2.45, 2.75) is 31.4 Å². The van der Waals surface area contributed by atoms with Gasteiger partial charge in [0, 0.05) is 18.3 Å². The molecule has 2 unspecified atom stereocenters. The number of likely N-dealkylation sites (tertiary alicyclic amines) is 1. The molecular weight excluding hydrogens is 196 g/mol. The molecule has 1 rings (SSSR count). The van der Waals surface area contributed by atoms with E-state index in [2.05, 4.69) is 19.6 Å². The molecule has 0 saturated carbocycles. The molecule has 1 heterocycles. The van der Waals surface area contributed by atoms with Crippen LogP contribution in [0.25, 0.3) is 0 Å². The zero-order valence-electron chi connectivity index (χ0n) is 8.44. The lowest BCUT2D eigenvalue weighted by molar-refractivity contribution is -0.131. The average Bonchev–Trinajstić information content (AvgIpc) is 2.18. The van der Waals surface area contributed by atoms with Gasteiger partial charge in [0.25, 0.3) is 0 Å². The highest BCUT2D eigenvalue weighted by molar-refractivity contribution is 7.80. The third kappa shape index (κ3) is 2.91. The number of thiol groups is 1. The molecule has 0 N–H and O–H groups in total. The molecule has 1 amide bonds. The minimum absolute atomic E-state index is 0.00761. The Morgan fingerprint density at radius 2 is 2.50 bits per heavy atom. The van der Waals surface area contributed by atoms with Gasteiger partial charge >= 0.3 is 0 Å². The zero-order chi connectivity index (χ0) is 10.6. The molecule has 14 heavy (non-hydrogen) atoms. The minimum Gasteiger partial charge on any atom is -0.341 e. The number of carbonyl (C=O) groups is 1. The Balaban J connectivity index is 2.48. The molecule has 0 radical (unpaired) electrons. The van der Waals surface area contributed by atoms with Crippen LogP contribution >= 0.6 is 12.6 Å². The minimum atomic E-state index is -0.0359. The Hall–Kier alpha value is -0.690. The summed E-state index contributed by atoms with van der Waals surface area (Å²) in [6.45, 7) is 3.63. The summed E-state index contributed by atoms with van der Waals surface area (Å²) in [5.41, 5.74) is 0. The number of hydrogen-bond donors (Lipinski definition) is 1. The molecule has 2 atom stereocenters. The molecule has 3 nitrogen and oxygen atoms in total. The van der Waals surface area contributed by atoms with Gasteiger partial charge in [-0.15, -0.1) is 0 Å². The number of piperidine rings is 1. The van der Waals surface area contributed by atoms with Crippen molar-refractivity contribution >= 4 is 18.5 Å². The Labute approximate surface area is 90.5 Å². The van der Waals surface area contributed by atoms with Gasteiger partial charge in [0.1, 0.15) is 6.42 Å². The van der Waals surface area contributed by atoms with Gasteiger partial charge < -0.3 is 4.90 Å². The van der Waals surface area contributed by atoms with Crippen LogP contribution in [-0.4, -0.2) is 29.1 Å². The number of carbonyl (C=O) groups excluding carboxylic acids is 1. The summed E-state index contributed by atoms with van der Waals surface area (Å²) in [7, 11) is 0. The maximum Gasteiger partial charge on any atom is 0.236 e. The average molecular weight is 212 g/mol. The molecule has 0 aromatic heterocycles. The highest BCUT2D eigenvalue weighted by Gasteiger charge is 2.25. The van der Waals surface area contributed by atoms with Gasteiger partial charge in [-0.05, 0) is 18.8 Å². The van der Waals surface area contributed by atoms with Crippen molar-refractivity contribution in [2.75, 3.05) is 13.1 Å². The van der Waals surface area contributed by atoms with Gasteiger partial charge in [-0.2, -0.15) is 17.9 Å². The summed E-state index contributed by atoms with van der Waals surface area (Å²) in [6.07, 6.45) is 2.18. The predicted octanol–water partition coefficient (Wildman–Crippen LogP) is 1.46. The molecule has 78 valence electrons. The maximum atomic E-state index is 11.4. The highest BCUT2D eigenvalue weighted by Crippen LogP contribution is 2.22. The van der Waals surface area contributed by atoms with Gasteiger partial charge in [0.15, 0.2) is 0 Å². The smallest absolute Gasteiger partial charge is 0.236 e. The first-order valence-corrected chi connectivity index (χ1v) is 5.49. The topological polar surface area (TPSA) is 44.1 Å². The molecule has 0 bridgehead atoms. The number of hydrogen-bond acceptors (Lipinski definition) is 3. The van der Waals surface area contributed by atoms with Gasteiger partial charge in [-0.25, -0.2) is 0 Å². The summed E-state index contributed by atoms with van der Waals surface area (Å²) in [4.78, 5) is 13.2. The number of nitriles is 1. The Morgan fingerprint density at radius 1 is 1.79 bits per heavy atom. The SMILES string of the molecule is CC(S)C1CCCN(C(=O)CC#N)C1. The van der Waals surface area contributed by atoms with E-state index >= 15 is 0 Å². The Bertz CT molecular complexity index is 247. The van der Waals surface area contributed by atoms with Crippen molar-refractivity contribution < 1.29 is 4.79 Å². The van der Waals surface area contributed by atoms with Crippen molar-refractivity contribution in [2.24, 2.45) is 5.92 Å². The van der Waals surface area contributed by atoms with E-state index < -0.39 is 0 Å². The molecule has 1 aliphatic heterocycles. The molecule has 1 saturated heterocycles. The van der Waals surface area contributed by atoms with Crippen LogP contribution in [0.15, 0.2) is 0 Å². The van der Waals surface area contributed by atoms with Crippen molar-refractivity contribution in [1.29, 1.82) is 5.26 Å². The summed E-state index contributed by atoms with van der Waals surface area (Å²) in [6, 6.07) is 1.90. The van der Waals surface area contributed by atoms with Gasteiger partial charge in [0.2, 0.25) is 5.91 Å². The lowest BCUT2D eigenvalue weighted by atomic mass is 9.95. The maximum absolute atomic E-state index is 11.4. The molecular formula is C10H16N2OS. The van der Waals surface area contributed by atoms with E-state index in [0.29, 0.717) is 11.2 Å². The molecule has 0 aromatic carbocycles. The Morgan fingerprint density at radius 3 is 3.07 bits per heavy atom. The van der Waals surface area contributed by atoms with Crippen LogP contribution in [-0.2, 0) is 4.79 Å². The molecule has 0 aliphatic carbocycles. The third-order valence-electron chi connectivity index (χ3n) is 2.72. The van der Waals surface area contributed by atoms with Crippen LogP contribution in [0, 0.1) is 17.2 Å². The van der Waals surface area contributed by atoms with Crippen molar-refractivity contribution in [3.63, 3.8) is 0 Å². The fraction of sp³-hybridized carbons (Fsp3) is 0.800. The number of amides is 1. The molecule has 0 spiro atoms. The monoisotopic (exact) mass is 212 g/mol. The van der Waals surface area contributed by atoms with Gasteiger partial charge in [-0.3, -0.25) is 4.79 Å². The zero-order valence-corrected chi connectivity index (χ0v) is 9.33. The van der Waals surface area contributed by atoms with Crippen LogP contribution in [0.5, 0.6) is 0 Å². The van der Waals surface area contributed by atoms with E-state index in [-0.39, 0.29) is 12.3 Å². The van der Waals surface area contributed by atoms with Crippen molar-refractivity contribution in [1.82, 2.24) is 4.90 Å².